The molecule has 3 rings (SSSR count). The molecule has 0 saturated carbocycles. The van der Waals surface area contributed by atoms with Crippen molar-refractivity contribution < 1.29 is 14.3 Å². The van der Waals surface area contributed by atoms with Gasteiger partial charge in [0.2, 0.25) is 0 Å². The van der Waals surface area contributed by atoms with Crippen molar-refractivity contribution in [1.82, 2.24) is 9.78 Å². The van der Waals surface area contributed by atoms with Crippen LogP contribution in [0.25, 0.3) is 0 Å². The number of nitrogens with one attached hydrogen (secondary N) is 1. The predicted octanol–water partition coefficient (Wildman–Crippen LogP) is 3.66. The summed E-state index contributed by atoms with van der Waals surface area (Å²) in [7, 11) is 0. The van der Waals surface area contributed by atoms with Gasteiger partial charge in [0.15, 0.2) is 5.69 Å². The molecule has 2 aromatic heterocycles. The fourth-order valence-corrected chi connectivity index (χ4v) is 4.24. The number of carbonyl (C=O) groups excluding carboxylic acids is 2. The second-order valence-corrected chi connectivity index (χ2v) is 7.49. The van der Waals surface area contributed by atoms with E-state index in [1.54, 1.807) is 16.9 Å². The lowest BCUT2D eigenvalue weighted by Gasteiger charge is -2.14. The SMILES string of the molecule is CCn1ccc(C(=O)Nc2sc3c(c2C(=O)OC(C)C)CCCC3)n1. The Bertz CT molecular complexity index is 792. The summed E-state index contributed by atoms with van der Waals surface area (Å²) in [5, 5.41) is 7.68. The average Bonchev–Trinajstić information content (AvgIpc) is 3.18. The van der Waals surface area contributed by atoms with Gasteiger partial charge in [0.25, 0.3) is 5.91 Å². The normalized spacial score (nSPS) is 13.6. The van der Waals surface area contributed by atoms with Crippen LogP contribution in [0.1, 0.15) is 64.9 Å². The summed E-state index contributed by atoms with van der Waals surface area (Å²) in [6.07, 6.45) is 5.54. The number of esters is 1. The molecule has 134 valence electrons. The van der Waals surface area contributed by atoms with E-state index in [2.05, 4.69) is 10.4 Å². The standard InChI is InChI=1S/C18H23N3O3S/c1-4-21-10-9-13(20-21)16(22)19-17-15(18(23)24-11(2)3)12-7-5-6-8-14(12)25-17/h9-11H,4-8H2,1-3H3,(H,19,22). The molecule has 7 heteroatoms. The molecule has 0 saturated heterocycles. The Labute approximate surface area is 151 Å². The fraction of sp³-hybridized carbons (Fsp3) is 0.500. The summed E-state index contributed by atoms with van der Waals surface area (Å²) in [4.78, 5) is 26.3. The molecule has 0 spiro atoms. The number of amides is 1. The molecule has 1 aliphatic rings. The van der Waals surface area contributed by atoms with Crippen LogP contribution in [0.5, 0.6) is 0 Å². The van der Waals surface area contributed by atoms with Crippen LogP contribution in [0.15, 0.2) is 12.3 Å². The van der Waals surface area contributed by atoms with Crippen LogP contribution in [0.2, 0.25) is 0 Å². The highest BCUT2D eigenvalue weighted by atomic mass is 32.1. The molecule has 0 aromatic carbocycles. The number of rotatable bonds is 5. The number of nitrogens with zero attached hydrogens (tertiary/aromatic N) is 2. The largest absolute Gasteiger partial charge is 0.459 e. The van der Waals surface area contributed by atoms with Crippen molar-refractivity contribution in [3.8, 4) is 0 Å². The highest BCUT2D eigenvalue weighted by molar-refractivity contribution is 7.17. The molecular formula is C18H23N3O3S. The number of anilines is 1. The quantitative estimate of drug-likeness (QED) is 0.825. The summed E-state index contributed by atoms with van der Waals surface area (Å²) < 4.78 is 7.10. The van der Waals surface area contributed by atoms with Crippen LogP contribution in [-0.2, 0) is 24.1 Å². The summed E-state index contributed by atoms with van der Waals surface area (Å²) in [5.74, 6) is -0.659. The Kier molecular flexibility index (Phi) is 5.22. The summed E-state index contributed by atoms with van der Waals surface area (Å²) >= 11 is 1.49. The van der Waals surface area contributed by atoms with Crippen molar-refractivity contribution in [2.75, 3.05) is 5.32 Å². The van der Waals surface area contributed by atoms with Crippen molar-refractivity contribution in [1.29, 1.82) is 0 Å². The van der Waals surface area contributed by atoms with Gasteiger partial charge >= 0.3 is 5.97 Å². The highest BCUT2D eigenvalue weighted by Gasteiger charge is 2.28. The smallest absolute Gasteiger partial charge is 0.341 e. The van der Waals surface area contributed by atoms with Gasteiger partial charge in [0.1, 0.15) is 5.00 Å². The Hall–Kier alpha value is -2.15. The molecule has 25 heavy (non-hydrogen) atoms. The molecule has 0 atom stereocenters. The maximum Gasteiger partial charge on any atom is 0.341 e. The topological polar surface area (TPSA) is 73.2 Å². The van der Waals surface area contributed by atoms with Crippen molar-refractivity contribution in [2.45, 2.75) is 59.1 Å². The average molecular weight is 361 g/mol. The van der Waals surface area contributed by atoms with Crippen LogP contribution in [0.3, 0.4) is 0 Å². The molecule has 6 nitrogen and oxygen atoms in total. The number of thiophene rings is 1. The minimum absolute atomic E-state index is 0.199. The summed E-state index contributed by atoms with van der Waals surface area (Å²) in [6, 6.07) is 1.68. The molecule has 2 heterocycles. The van der Waals surface area contributed by atoms with Gasteiger partial charge in [-0.1, -0.05) is 0 Å². The number of aromatic nitrogens is 2. The first-order valence-corrected chi connectivity index (χ1v) is 9.51. The summed E-state index contributed by atoms with van der Waals surface area (Å²) in [5.41, 5.74) is 1.91. The lowest BCUT2D eigenvalue weighted by atomic mass is 9.95. The molecule has 0 fully saturated rings. The van der Waals surface area contributed by atoms with Gasteiger partial charge in [0.05, 0.1) is 11.7 Å². The molecule has 1 amide bonds. The maximum atomic E-state index is 12.6. The first-order chi connectivity index (χ1) is 12.0. The number of ether oxygens (including phenoxy) is 1. The number of aryl methyl sites for hydroxylation is 2. The van der Waals surface area contributed by atoms with Crippen LogP contribution < -0.4 is 5.32 Å². The number of fused-ring (bicyclic) bond motifs is 1. The zero-order valence-electron chi connectivity index (χ0n) is 14.8. The zero-order chi connectivity index (χ0) is 18.0. The van der Waals surface area contributed by atoms with E-state index in [4.69, 9.17) is 4.74 Å². The third kappa shape index (κ3) is 3.76. The Morgan fingerprint density at radius 3 is 2.80 bits per heavy atom. The third-order valence-electron chi connectivity index (χ3n) is 4.14. The van der Waals surface area contributed by atoms with E-state index >= 15 is 0 Å². The van der Waals surface area contributed by atoms with E-state index in [0.717, 1.165) is 31.2 Å². The summed E-state index contributed by atoms with van der Waals surface area (Å²) in [6.45, 7) is 6.31. The van der Waals surface area contributed by atoms with Crippen molar-refractivity contribution in [2.24, 2.45) is 0 Å². The molecule has 0 unspecified atom stereocenters. The zero-order valence-corrected chi connectivity index (χ0v) is 15.6. The van der Waals surface area contributed by atoms with Crippen LogP contribution in [-0.4, -0.2) is 27.8 Å². The Morgan fingerprint density at radius 2 is 2.12 bits per heavy atom. The molecule has 0 radical (unpaired) electrons. The van der Waals surface area contributed by atoms with Crippen LogP contribution in [0.4, 0.5) is 5.00 Å². The predicted molar refractivity (Wildman–Crippen MR) is 97.4 cm³/mol. The Morgan fingerprint density at radius 1 is 1.36 bits per heavy atom. The first-order valence-electron chi connectivity index (χ1n) is 8.70. The third-order valence-corrected chi connectivity index (χ3v) is 5.35. The van der Waals surface area contributed by atoms with Gasteiger partial charge in [-0.05, 0) is 58.1 Å². The van der Waals surface area contributed by atoms with Gasteiger partial charge < -0.3 is 10.1 Å². The maximum absolute atomic E-state index is 12.6. The second kappa shape index (κ2) is 7.39. The van der Waals surface area contributed by atoms with Crippen molar-refractivity contribution in [3.63, 3.8) is 0 Å². The van der Waals surface area contributed by atoms with Crippen LogP contribution in [0, 0.1) is 0 Å². The molecule has 0 bridgehead atoms. The minimum Gasteiger partial charge on any atom is -0.459 e. The number of hydrogen-bond acceptors (Lipinski definition) is 5. The monoisotopic (exact) mass is 361 g/mol. The van der Waals surface area contributed by atoms with Gasteiger partial charge in [-0.15, -0.1) is 11.3 Å². The van der Waals surface area contributed by atoms with Gasteiger partial charge in [-0.25, -0.2) is 4.79 Å². The second-order valence-electron chi connectivity index (χ2n) is 6.38. The molecule has 2 aromatic rings. The van der Waals surface area contributed by atoms with E-state index in [1.807, 2.05) is 20.8 Å². The van der Waals surface area contributed by atoms with Gasteiger partial charge in [-0.2, -0.15) is 5.10 Å². The van der Waals surface area contributed by atoms with E-state index < -0.39 is 0 Å². The van der Waals surface area contributed by atoms with E-state index in [1.165, 1.54) is 16.2 Å². The van der Waals surface area contributed by atoms with Gasteiger partial charge in [0, 0.05) is 17.6 Å². The number of carbonyl (C=O) groups is 2. The highest BCUT2D eigenvalue weighted by Crippen LogP contribution is 2.38. The first kappa shape index (κ1) is 17.7. The lowest BCUT2D eigenvalue weighted by molar-refractivity contribution is 0.0378. The Balaban J connectivity index is 1.90. The minimum atomic E-state index is -0.358. The van der Waals surface area contributed by atoms with E-state index in [0.29, 0.717) is 22.8 Å². The van der Waals surface area contributed by atoms with E-state index in [-0.39, 0.29) is 18.0 Å². The van der Waals surface area contributed by atoms with Crippen molar-refractivity contribution >= 4 is 28.2 Å². The number of hydrogen-bond donors (Lipinski definition) is 1. The van der Waals surface area contributed by atoms with E-state index in [9.17, 15) is 9.59 Å². The molecule has 1 aliphatic carbocycles. The lowest BCUT2D eigenvalue weighted by Crippen LogP contribution is -2.18. The molecular weight excluding hydrogens is 338 g/mol. The molecule has 0 aliphatic heterocycles. The van der Waals surface area contributed by atoms with Gasteiger partial charge in [-0.3, -0.25) is 9.48 Å². The fourth-order valence-electron chi connectivity index (χ4n) is 2.97. The van der Waals surface area contributed by atoms with Crippen molar-refractivity contribution in [3.05, 3.63) is 34.0 Å². The van der Waals surface area contributed by atoms with Crippen LogP contribution >= 0.6 is 11.3 Å². The molecule has 1 N–H and O–H groups in total.